The second-order valence-electron chi connectivity index (χ2n) is 7.28. The number of esters is 1. The molecule has 0 aromatic heterocycles. The van der Waals surface area contributed by atoms with Crippen molar-refractivity contribution in [3.05, 3.63) is 71.3 Å². The van der Waals surface area contributed by atoms with Crippen LogP contribution in [0.2, 0.25) is 0 Å². The maximum Gasteiger partial charge on any atom is 0.342 e. The molecule has 1 fully saturated rings. The average Bonchev–Trinajstić information content (AvgIpc) is 3.06. The molecule has 0 N–H and O–H groups in total. The molecule has 1 saturated heterocycles. The van der Waals surface area contributed by atoms with Crippen LogP contribution in [0.4, 0.5) is 0 Å². The lowest BCUT2D eigenvalue weighted by atomic mass is 9.81. The summed E-state index contributed by atoms with van der Waals surface area (Å²) in [5.74, 6) is -2.97. The quantitative estimate of drug-likeness (QED) is 0.740. The molecule has 2 aromatic carbocycles. The molecular formula is C22H22O6. The Hall–Kier alpha value is -2.54. The molecule has 0 aliphatic carbocycles. The number of rotatable bonds is 5. The van der Waals surface area contributed by atoms with E-state index in [1.807, 2.05) is 30.3 Å². The van der Waals surface area contributed by atoms with Crippen molar-refractivity contribution in [2.45, 2.75) is 38.1 Å². The predicted octanol–water partition coefficient (Wildman–Crippen LogP) is 3.19. The molecule has 2 heterocycles. The van der Waals surface area contributed by atoms with E-state index in [1.165, 1.54) is 7.11 Å². The van der Waals surface area contributed by atoms with Gasteiger partial charge in [-0.05, 0) is 11.5 Å². The van der Waals surface area contributed by atoms with Gasteiger partial charge in [0.25, 0.3) is 0 Å². The number of benzene rings is 2. The molecule has 4 rings (SSSR count). The van der Waals surface area contributed by atoms with Crippen molar-refractivity contribution < 1.29 is 28.5 Å². The zero-order valence-corrected chi connectivity index (χ0v) is 16.0. The highest BCUT2D eigenvalue weighted by atomic mass is 16.9. The summed E-state index contributed by atoms with van der Waals surface area (Å²) in [6.07, 6.45) is -1.15. The van der Waals surface area contributed by atoms with Gasteiger partial charge in [-0.2, -0.15) is 0 Å². The maximum atomic E-state index is 13.2. The zero-order chi connectivity index (χ0) is 19.9. The summed E-state index contributed by atoms with van der Waals surface area (Å²) < 4.78 is 23.2. The maximum absolute atomic E-state index is 13.2. The molecule has 3 atom stereocenters. The number of carbonyl (C=O) groups excluding carboxylic acids is 2. The fourth-order valence-corrected chi connectivity index (χ4v) is 3.86. The summed E-state index contributed by atoms with van der Waals surface area (Å²) in [6.45, 7) is 3.68. The summed E-state index contributed by atoms with van der Waals surface area (Å²) in [5, 5.41) is 0. The van der Waals surface area contributed by atoms with Crippen molar-refractivity contribution in [1.82, 2.24) is 0 Å². The second-order valence-corrected chi connectivity index (χ2v) is 7.28. The van der Waals surface area contributed by atoms with Crippen LogP contribution in [-0.2, 0) is 36.3 Å². The fourth-order valence-electron chi connectivity index (χ4n) is 3.86. The largest absolute Gasteiger partial charge is 0.459 e. The van der Waals surface area contributed by atoms with E-state index in [1.54, 1.807) is 38.1 Å². The number of hydrogen-bond acceptors (Lipinski definition) is 6. The molecule has 6 nitrogen and oxygen atoms in total. The summed E-state index contributed by atoms with van der Waals surface area (Å²) in [4.78, 5) is 26.4. The van der Waals surface area contributed by atoms with Gasteiger partial charge in [0.15, 0.2) is 11.9 Å². The van der Waals surface area contributed by atoms with Gasteiger partial charge in [-0.25, -0.2) is 4.79 Å². The minimum absolute atomic E-state index is 0.0747. The van der Waals surface area contributed by atoms with E-state index in [0.29, 0.717) is 11.1 Å². The molecule has 28 heavy (non-hydrogen) atoms. The summed E-state index contributed by atoms with van der Waals surface area (Å²) >= 11 is 0. The number of Topliss-reactive ketones (excluding diaryl/α,β-unsaturated/α-hetero) is 1. The topological polar surface area (TPSA) is 71.1 Å². The Kier molecular flexibility index (Phi) is 4.57. The lowest BCUT2D eigenvalue weighted by molar-refractivity contribution is -0.352. The van der Waals surface area contributed by atoms with Gasteiger partial charge >= 0.3 is 11.9 Å². The SMILES string of the molecule is CO[C@]12O[C@H](C(=O)c3ccccc31)[C@](C(=O)OCc1ccccc1)(C(C)C)O2. The van der Waals surface area contributed by atoms with Crippen molar-refractivity contribution in [1.29, 1.82) is 0 Å². The van der Waals surface area contributed by atoms with Crippen LogP contribution in [-0.4, -0.2) is 30.6 Å². The zero-order valence-electron chi connectivity index (χ0n) is 16.0. The summed E-state index contributed by atoms with van der Waals surface area (Å²) in [7, 11) is 1.43. The average molecular weight is 382 g/mol. The number of methoxy groups -OCH3 is 1. The number of fused-ring (bicyclic) bond motifs is 4. The number of hydrogen-bond donors (Lipinski definition) is 0. The van der Waals surface area contributed by atoms with Crippen LogP contribution < -0.4 is 0 Å². The molecule has 0 radical (unpaired) electrons. The van der Waals surface area contributed by atoms with Crippen LogP contribution in [0.25, 0.3) is 0 Å². The lowest BCUT2D eigenvalue weighted by Crippen LogP contribution is -2.55. The van der Waals surface area contributed by atoms with Crippen LogP contribution in [0.5, 0.6) is 0 Å². The Bertz CT molecular complexity index is 908. The molecule has 2 aromatic rings. The van der Waals surface area contributed by atoms with Gasteiger partial charge in [0.2, 0.25) is 5.60 Å². The molecular weight excluding hydrogens is 360 g/mol. The van der Waals surface area contributed by atoms with Crippen LogP contribution in [0, 0.1) is 5.92 Å². The standard InChI is InChI=1S/C22H22O6/c1-14(2)21(20(24)26-13-15-9-5-4-6-10-15)19-18(23)16-11-7-8-12-17(16)22(25-3,27-19)28-21/h4-12,14,19H,13H2,1-3H3/t19-,21+,22+/m1/s1. The van der Waals surface area contributed by atoms with Crippen molar-refractivity contribution in [2.24, 2.45) is 5.92 Å². The van der Waals surface area contributed by atoms with Gasteiger partial charge in [0.1, 0.15) is 6.61 Å². The first-order chi connectivity index (χ1) is 13.4. The van der Waals surface area contributed by atoms with Crippen molar-refractivity contribution in [3.8, 4) is 0 Å². The van der Waals surface area contributed by atoms with E-state index in [4.69, 9.17) is 18.9 Å². The first-order valence-electron chi connectivity index (χ1n) is 9.22. The summed E-state index contributed by atoms with van der Waals surface area (Å²) in [6, 6.07) is 16.3. The second kappa shape index (κ2) is 6.81. The van der Waals surface area contributed by atoms with E-state index >= 15 is 0 Å². The first kappa shape index (κ1) is 18.8. The molecule has 0 spiro atoms. The minimum Gasteiger partial charge on any atom is -0.459 e. The third-order valence-electron chi connectivity index (χ3n) is 5.38. The van der Waals surface area contributed by atoms with Gasteiger partial charge < -0.3 is 18.9 Å². The highest BCUT2D eigenvalue weighted by Gasteiger charge is 2.70. The Morgan fingerprint density at radius 3 is 2.46 bits per heavy atom. The molecule has 0 amide bonds. The number of carbonyl (C=O) groups is 2. The smallest absolute Gasteiger partial charge is 0.342 e. The van der Waals surface area contributed by atoms with Gasteiger partial charge in [0, 0.05) is 12.7 Å². The van der Waals surface area contributed by atoms with E-state index in [-0.39, 0.29) is 12.4 Å². The van der Waals surface area contributed by atoms with Gasteiger partial charge in [-0.15, -0.1) is 0 Å². The fraction of sp³-hybridized carbons (Fsp3) is 0.364. The predicted molar refractivity (Wildman–Crippen MR) is 99.2 cm³/mol. The minimum atomic E-state index is -1.62. The molecule has 146 valence electrons. The monoisotopic (exact) mass is 382 g/mol. The molecule has 2 bridgehead atoms. The highest BCUT2D eigenvalue weighted by Crippen LogP contribution is 2.52. The molecule has 2 aliphatic heterocycles. The lowest BCUT2D eigenvalue weighted by Gasteiger charge is -2.32. The number of ether oxygens (including phenoxy) is 4. The van der Waals surface area contributed by atoms with Crippen molar-refractivity contribution >= 4 is 11.8 Å². The molecule has 0 unspecified atom stereocenters. The van der Waals surface area contributed by atoms with E-state index in [9.17, 15) is 9.59 Å². The van der Waals surface area contributed by atoms with Gasteiger partial charge in [-0.1, -0.05) is 68.4 Å². The normalized spacial score (nSPS) is 28.3. The van der Waals surface area contributed by atoms with Crippen LogP contribution in [0.1, 0.15) is 35.3 Å². The van der Waals surface area contributed by atoms with E-state index in [2.05, 4.69) is 0 Å². The van der Waals surface area contributed by atoms with Gasteiger partial charge in [-0.3, -0.25) is 4.79 Å². The Morgan fingerprint density at radius 2 is 1.79 bits per heavy atom. The van der Waals surface area contributed by atoms with Crippen LogP contribution in [0.3, 0.4) is 0 Å². The summed E-state index contributed by atoms with van der Waals surface area (Å²) in [5.41, 5.74) is 0.116. The third kappa shape index (κ3) is 2.60. The van der Waals surface area contributed by atoms with Crippen LogP contribution >= 0.6 is 0 Å². The Morgan fingerprint density at radius 1 is 1.11 bits per heavy atom. The van der Waals surface area contributed by atoms with E-state index < -0.39 is 29.6 Å². The Labute approximate surface area is 163 Å². The highest BCUT2D eigenvalue weighted by molar-refractivity contribution is 6.06. The number of ketones is 1. The third-order valence-corrected chi connectivity index (χ3v) is 5.38. The first-order valence-corrected chi connectivity index (χ1v) is 9.22. The van der Waals surface area contributed by atoms with E-state index in [0.717, 1.165) is 5.56 Å². The molecule has 6 heteroatoms. The molecule has 2 aliphatic rings. The van der Waals surface area contributed by atoms with Crippen molar-refractivity contribution in [2.75, 3.05) is 7.11 Å². The Balaban J connectivity index is 1.72. The van der Waals surface area contributed by atoms with Crippen molar-refractivity contribution in [3.63, 3.8) is 0 Å². The van der Waals surface area contributed by atoms with Gasteiger partial charge in [0.05, 0.1) is 5.56 Å². The molecule has 0 saturated carbocycles. The van der Waals surface area contributed by atoms with Crippen LogP contribution in [0.15, 0.2) is 54.6 Å².